The van der Waals surface area contributed by atoms with E-state index in [-0.39, 0.29) is 0 Å². The maximum absolute atomic E-state index is 10.7. The van der Waals surface area contributed by atoms with E-state index < -0.39 is 12.0 Å². The van der Waals surface area contributed by atoms with Crippen LogP contribution >= 0.6 is 0 Å². The first-order valence-corrected chi connectivity index (χ1v) is 4.29. The minimum atomic E-state index is -0.830. The molecule has 0 fully saturated rings. The Morgan fingerprint density at radius 3 is 3.07 bits per heavy atom. The summed E-state index contributed by atoms with van der Waals surface area (Å²) in [5, 5.41) is 11.7. The number of anilines is 1. The highest BCUT2D eigenvalue weighted by Gasteiger charge is 2.25. The lowest BCUT2D eigenvalue weighted by atomic mass is 10.1. The summed E-state index contributed by atoms with van der Waals surface area (Å²) in [6.45, 7) is 0. The van der Waals surface area contributed by atoms with Gasteiger partial charge in [0.25, 0.3) is 0 Å². The van der Waals surface area contributed by atoms with Crippen LogP contribution in [-0.2, 0) is 11.2 Å². The van der Waals surface area contributed by atoms with Crippen molar-refractivity contribution in [2.45, 2.75) is 12.5 Å². The fraction of sp³-hybridized carbons (Fsp3) is 0.182. The van der Waals surface area contributed by atoms with E-state index in [2.05, 4.69) is 11.2 Å². The summed E-state index contributed by atoms with van der Waals surface area (Å²) in [7, 11) is 0. The Bertz CT molecular complexity index is 431. The van der Waals surface area contributed by atoms with Crippen LogP contribution in [0.25, 0.3) is 0 Å². The third kappa shape index (κ3) is 1.31. The first kappa shape index (κ1) is 8.64. The Morgan fingerprint density at radius 2 is 2.43 bits per heavy atom. The molecule has 0 aliphatic carbocycles. The zero-order valence-electron chi connectivity index (χ0n) is 7.45. The highest BCUT2D eigenvalue weighted by Crippen LogP contribution is 2.26. The second kappa shape index (κ2) is 3.08. The van der Waals surface area contributed by atoms with Gasteiger partial charge in [0.05, 0.1) is 0 Å². The Balaban J connectivity index is 2.32. The molecule has 70 valence electrons. The van der Waals surface area contributed by atoms with Crippen molar-refractivity contribution in [2.75, 3.05) is 5.32 Å². The maximum Gasteiger partial charge on any atom is 0.326 e. The van der Waals surface area contributed by atoms with E-state index >= 15 is 0 Å². The van der Waals surface area contributed by atoms with Crippen LogP contribution in [0.4, 0.5) is 5.69 Å². The van der Waals surface area contributed by atoms with Crippen molar-refractivity contribution in [3.63, 3.8) is 0 Å². The maximum atomic E-state index is 10.7. The second-order valence-corrected chi connectivity index (χ2v) is 3.26. The molecule has 1 aliphatic rings. The third-order valence-corrected chi connectivity index (χ3v) is 2.33. The molecule has 0 saturated heterocycles. The van der Waals surface area contributed by atoms with E-state index in [0.29, 0.717) is 6.42 Å². The number of carboxylic acid groups (broad SMARTS) is 1. The molecule has 1 aromatic rings. The standard InChI is InChI=1S/C11H9NO2/c1-2-7-3-4-8-6-10(11(13)14)12-9(8)5-7/h1,3-5,10,12H,6H2,(H,13,14)/t10-/m0/s1. The summed E-state index contributed by atoms with van der Waals surface area (Å²) in [5.74, 6) is 1.68. The molecule has 1 aromatic carbocycles. The highest BCUT2D eigenvalue weighted by molar-refractivity contribution is 5.81. The van der Waals surface area contributed by atoms with Crippen molar-refractivity contribution in [1.29, 1.82) is 0 Å². The van der Waals surface area contributed by atoms with Gasteiger partial charge in [-0.2, -0.15) is 0 Å². The van der Waals surface area contributed by atoms with Crippen LogP contribution in [0.5, 0.6) is 0 Å². The fourth-order valence-electron chi connectivity index (χ4n) is 1.59. The number of hydrogen-bond donors (Lipinski definition) is 2. The molecule has 2 N–H and O–H groups in total. The van der Waals surface area contributed by atoms with E-state index in [4.69, 9.17) is 11.5 Å². The molecule has 1 heterocycles. The molecule has 3 nitrogen and oxygen atoms in total. The second-order valence-electron chi connectivity index (χ2n) is 3.26. The number of fused-ring (bicyclic) bond motifs is 1. The lowest BCUT2D eigenvalue weighted by Crippen LogP contribution is -2.26. The highest BCUT2D eigenvalue weighted by atomic mass is 16.4. The van der Waals surface area contributed by atoms with Crippen molar-refractivity contribution in [3.05, 3.63) is 29.3 Å². The van der Waals surface area contributed by atoms with E-state index in [0.717, 1.165) is 16.8 Å². The number of carbonyl (C=O) groups is 1. The van der Waals surface area contributed by atoms with E-state index in [1.54, 1.807) is 6.07 Å². The molecular formula is C11H9NO2. The largest absolute Gasteiger partial charge is 0.480 e. The van der Waals surface area contributed by atoms with Gasteiger partial charge < -0.3 is 10.4 Å². The van der Waals surface area contributed by atoms with Crippen LogP contribution in [-0.4, -0.2) is 17.1 Å². The number of nitrogens with one attached hydrogen (secondary N) is 1. The predicted octanol–water partition coefficient (Wildman–Crippen LogP) is 1.09. The lowest BCUT2D eigenvalue weighted by molar-refractivity contribution is -0.137. The summed E-state index contributed by atoms with van der Waals surface area (Å²) < 4.78 is 0. The SMILES string of the molecule is C#Cc1ccc2c(c1)N[C@H](C(=O)O)C2. The van der Waals surface area contributed by atoms with Gasteiger partial charge in [0.15, 0.2) is 0 Å². The average molecular weight is 187 g/mol. The van der Waals surface area contributed by atoms with Crippen molar-refractivity contribution >= 4 is 11.7 Å². The topological polar surface area (TPSA) is 49.3 Å². The van der Waals surface area contributed by atoms with Crippen LogP contribution in [0.3, 0.4) is 0 Å². The molecule has 0 radical (unpaired) electrons. The number of rotatable bonds is 1. The van der Waals surface area contributed by atoms with Gasteiger partial charge in [-0.25, -0.2) is 4.79 Å². The predicted molar refractivity (Wildman–Crippen MR) is 53.1 cm³/mol. The molecule has 2 rings (SSSR count). The molecule has 1 aliphatic heterocycles. The Kier molecular flexibility index (Phi) is 1.90. The number of carboxylic acids is 1. The van der Waals surface area contributed by atoms with Crippen LogP contribution in [0.15, 0.2) is 18.2 Å². The zero-order valence-corrected chi connectivity index (χ0v) is 7.45. The molecule has 0 spiro atoms. The lowest BCUT2D eigenvalue weighted by Gasteiger charge is -2.03. The summed E-state index contributed by atoms with van der Waals surface area (Å²) in [6, 6.07) is 4.99. The smallest absolute Gasteiger partial charge is 0.326 e. The van der Waals surface area contributed by atoms with E-state index in [9.17, 15) is 4.79 Å². The first-order valence-electron chi connectivity index (χ1n) is 4.29. The number of terminal acetylenes is 1. The molecule has 0 unspecified atom stereocenters. The molecule has 0 aromatic heterocycles. The molecule has 1 atom stereocenters. The molecule has 0 saturated carbocycles. The number of aliphatic carboxylic acids is 1. The monoisotopic (exact) mass is 187 g/mol. The number of hydrogen-bond acceptors (Lipinski definition) is 2. The van der Waals surface area contributed by atoms with Crippen molar-refractivity contribution in [1.82, 2.24) is 0 Å². The van der Waals surface area contributed by atoms with Crippen LogP contribution < -0.4 is 5.32 Å². The van der Waals surface area contributed by atoms with E-state index in [1.807, 2.05) is 12.1 Å². The summed E-state index contributed by atoms with van der Waals surface area (Å²) in [4.78, 5) is 10.7. The summed E-state index contributed by atoms with van der Waals surface area (Å²) >= 11 is 0. The minimum Gasteiger partial charge on any atom is -0.480 e. The van der Waals surface area contributed by atoms with Gasteiger partial charge in [-0.1, -0.05) is 12.0 Å². The van der Waals surface area contributed by atoms with Crippen molar-refractivity contribution in [3.8, 4) is 12.3 Å². The summed E-state index contributed by atoms with van der Waals surface area (Å²) in [5.41, 5.74) is 2.62. The molecule has 0 amide bonds. The van der Waals surface area contributed by atoms with Gasteiger partial charge in [-0.05, 0) is 17.7 Å². The van der Waals surface area contributed by atoms with Crippen molar-refractivity contribution in [2.24, 2.45) is 0 Å². The minimum absolute atomic E-state index is 0.516. The normalized spacial score (nSPS) is 18.1. The van der Waals surface area contributed by atoms with Gasteiger partial charge in [-0.15, -0.1) is 6.42 Å². The van der Waals surface area contributed by atoms with Crippen LogP contribution in [0.2, 0.25) is 0 Å². The molecule has 0 bridgehead atoms. The van der Waals surface area contributed by atoms with Gasteiger partial charge in [0.1, 0.15) is 6.04 Å². The fourth-order valence-corrected chi connectivity index (χ4v) is 1.59. The van der Waals surface area contributed by atoms with Crippen LogP contribution in [0, 0.1) is 12.3 Å². The molecule has 3 heteroatoms. The average Bonchev–Trinajstić information content (AvgIpc) is 2.59. The summed E-state index contributed by atoms with van der Waals surface area (Å²) in [6.07, 6.45) is 5.77. The molecule has 14 heavy (non-hydrogen) atoms. The van der Waals surface area contributed by atoms with Crippen molar-refractivity contribution < 1.29 is 9.90 Å². The van der Waals surface area contributed by atoms with Gasteiger partial charge in [0.2, 0.25) is 0 Å². The Morgan fingerprint density at radius 1 is 1.64 bits per heavy atom. The number of benzene rings is 1. The third-order valence-electron chi connectivity index (χ3n) is 2.33. The quantitative estimate of drug-likeness (QED) is 0.647. The first-order chi connectivity index (χ1) is 6.70. The van der Waals surface area contributed by atoms with E-state index in [1.165, 1.54) is 0 Å². The van der Waals surface area contributed by atoms with Crippen LogP contribution in [0.1, 0.15) is 11.1 Å². The zero-order chi connectivity index (χ0) is 10.1. The van der Waals surface area contributed by atoms with Gasteiger partial charge in [-0.3, -0.25) is 0 Å². The van der Waals surface area contributed by atoms with Gasteiger partial charge >= 0.3 is 5.97 Å². The molecular weight excluding hydrogens is 178 g/mol. The Hall–Kier alpha value is -1.95. The Labute approximate surface area is 81.8 Å². The van der Waals surface area contributed by atoms with Gasteiger partial charge in [0, 0.05) is 17.7 Å².